The Labute approximate surface area is 114 Å². The molecule has 0 aliphatic carbocycles. The van der Waals surface area contributed by atoms with Gasteiger partial charge in [0.05, 0.1) is 12.6 Å². The Hall–Kier alpha value is -1.10. The molecule has 2 aliphatic rings. The lowest BCUT2D eigenvalue weighted by atomic mass is 9.97. The molecule has 3 atom stereocenters. The van der Waals surface area contributed by atoms with Crippen LogP contribution in [0.15, 0.2) is 0 Å². The van der Waals surface area contributed by atoms with E-state index in [9.17, 15) is 9.59 Å². The smallest absolute Gasteiger partial charge is 0.246 e. The average molecular weight is 268 g/mol. The summed E-state index contributed by atoms with van der Waals surface area (Å²) in [5, 5.41) is 2.87. The Morgan fingerprint density at radius 1 is 1.37 bits per heavy atom. The molecule has 2 aliphatic heterocycles. The third-order valence-corrected chi connectivity index (χ3v) is 4.00. The average Bonchev–Trinajstić information content (AvgIpc) is 2.43. The molecule has 108 valence electrons. The molecule has 0 spiro atoms. The zero-order valence-electron chi connectivity index (χ0n) is 11.9. The van der Waals surface area contributed by atoms with Gasteiger partial charge in [-0.1, -0.05) is 20.3 Å². The SMILES string of the molecule is CCCC1NC(=O)C(CC)N(C2CCCOC2)C1=O. The van der Waals surface area contributed by atoms with Crippen molar-refractivity contribution in [2.24, 2.45) is 0 Å². The van der Waals surface area contributed by atoms with Crippen molar-refractivity contribution in [2.75, 3.05) is 13.2 Å². The third kappa shape index (κ3) is 2.91. The van der Waals surface area contributed by atoms with E-state index in [0.717, 1.165) is 25.9 Å². The molecule has 0 radical (unpaired) electrons. The maximum atomic E-state index is 12.6. The van der Waals surface area contributed by atoms with Gasteiger partial charge < -0.3 is 15.0 Å². The van der Waals surface area contributed by atoms with E-state index in [1.807, 2.05) is 13.8 Å². The van der Waals surface area contributed by atoms with Crippen LogP contribution in [0.2, 0.25) is 0 Å². The number of nitrogens with one attached hydrogen (secondary N) is 1. The van der Waals surface area contributed by atoms with Crippen LogP contribution in [0.25, 0.3) is 0 Å². The Morgan fingerprint density at radius 2 is 2.16 bits per heavy atom. The van der Waals surface area contributed by atoms with E-state index in [1.54, 1.807) is 4.90 Å². The molecule has 3 unspecified atom stereocenters. The van der Waals surface area contributed by atoms with Gasteiger partial charge in [0, 0.05) is 6.61 Å². The lowest BCUT2D eigenvalue weighted by Gasteiger charge is -2.44. The summed E-state index contributed by atoms with van der Waals surface area (Å²) in [6.45, 7) is 5.31. The highest BCUT2D eigenvalue weighted by molar-refractivity contribution is 5.97. The minimum atomic E-state index is -0.345. The van der Waals surface area contributed by atoms with Crippen molar-refractivity contribution in [3.05, 3.63) is 0 Å². The minimum Gasteiger partial charge on any atom is -0.379 e. The largest absolute Gasteiger partial charge is 0.379 e. The Kier molecular flexibility index (Phi) is 4.80. The van der Waals surface area contributed by atoms with Gasteiger partial charge in [0.15, 0.2) is 0 Å². The van der Waals surface area contributed by atoms with E-state index in [4.69, 9.17) is 4.74 Å². The lowest BCUT2D eigenvalue weighted by molar-refractivity contribution is -0.155. The summed E-state index contributed by atoms with van der Waals surface area (Å²) in [5.41, 5.74) is 0. The van der Waals surface area contributed by atoms with Gasteiger partial charge in [-0.25, -0.2) is 0 Å². The van der Waals surface area contributed by atoms with Gasteiger partial charge in [-0.3, -0.25) is 9.59 Å². The molecule has 2 fully saturated rings. The molecule has 5 heteroatoms. The zero-order valence-corrected chi connectivity index (χ0v) is 11.9. The second kappa shape index (κ2) is 6.37. The van der Waals surface area contributed by atoms with E-state index in [2.05, 4.69) is 5.32 Å². The molecule has 0 saturated carbocycles. The molecule has 2 saturated heterocycles. The summed E-state index contributed by atoms with van der Waals surface area (Å²) >= 11 is 0. The Balaban J connectivity index is 2.17. The van der Waals surface area contributed by atoms with Crippen LogP contribution in [-0.4, -0.2) is 48.1 Å². The van der Waals surface area contributed by atoms with Crippen LogP contribution in [0.3, 0.4) is 0 Å². The maximum Gasteiger partial charge on any atom is 0.246 e. The summed E-state index contributed by atoms with van der Waals surface area (Å²) in [6, 6.07) is -0.605. The summed E-state index contributed by atoms with van der Waals surface area (Å²) in [5.74, 6) is 0.0647. The van der Waals surface area contributed by atoms with Gasteiger partial charge in [-0.05, 0) is 25.7 Å². The summed E-state index contributed by atoms with van der Waals surface area (Å²) < 4.78 is 5.48. The molecule has 0 aromatic rings. The topological polar surface area (TPSA) is 58.6 Å². The van der Waals surface area contributed by atoms with Gasteiger partial charge in [-0.2, -0.15) is 0 Å². The predicted molar refractivity (Wildman–Crippen MR) is 71.6 cm³/mol. The molecule has 0 aromatic heterocycles. The number of piperazine rings is 1. The van der Waals surface area contributed by atoms with Crippen molar-refractivity contribution in [3.8, 4) is 0 Å². The van der Waals surface area contributed by atoms with Crippen molar-refractivity contribution in [1.82, 2.24) is 10.2 Å². The van der Waals surface area contributed by atoms with Crippen LogP contribution < -0.4 is 5.32 Å². The quantitative estimate of drug-likeness (QED) is 0.829. The fourth-order valence-corrected chi connectivity index (χ4v) is 3.03. The number of carbonyl (C=O) groups excluding carboxylic acids is 2. The lowest BCUT2D eigenvalue weighted by Crippen LogP contribution is -2.66. The molecule has 0 aromatic carbocycles. The molecule has 2 heterocycles. The van der Waals surface area contributed by atoms with Gasteiger partial charge in [0.25, 0.3) is 0 Å². The van der Waals surface area contributed by atoms with Crippen LogP contribution in [0, 0.1) is 0 Å². The summed E-state index contributed by atoms with van der Waals surface area (Å²) in [7, 11) is 0. The number of hydrogen-bond acceptors (Lipinski definition) is 3. The van der Waals surface area contributed by atoms with E-state index in [0.29, 0.717) is 19.4 Å². The first-order chi connectivity index (χ1) is 9.19. The molecule has 5 nitrogen and oxygen atoms in total. The van der Waals surface area contributed by atoms with Gasteiger partial charge in [0.2, 0.25) is 11.8 Å². The molecule has 19 heavy (non-hydrogen) atoms. The monoisotopic (exact) mass is 268 g/mol. The zero-order chi connectivity index (χ0) is 13.8. The predicted octanol–water partition coefficient (Wildman–Crippen LogP) is 1.07. The van der Waals surface area contributed by atoms with Crippen molar-refractivity contribution in [1.29, 1.82) is 0 Å². The van der Waals surface area contributed by atoms with Crippen molar-refractivity contribution < 1.29 is 14.3 Å². The fourth-order valence-electron chi connectivity index (χ4n) is 3.03. The highest BCUT2D eigenvalue weighted by Gasteiger charge is 2.42. The summed E-state index contributed by atoms with van der Waals surface area (Å²) in [4.78, 5) is 26.6. The number of hydrogen-bond donors (Lipinski definition) is 1. The number of ether oxygens (including phenoxy) is 1. The third-order valence-electron chi connectivity index (χ3n) is 4.00. The maximum absolute atomic E-state index is 12.6. The first kappa shape index (κ1) is 14.3. The van der Waals surface area contributed by atoms with Gasteiger partial charge in [-0.15, -0.1) is 0 Å². The normalized spacial score (nSPS) is 32.3. The second-order valence-corrected chi connectivity index (χ2v) is 5.39. The van der Waals surface area contributed by atoms with E-state index >= 15 is 0 Å². The number of nitrogens with zero attached hydrogens (tertiary/aromatic N) is 1. The van der Waals surface area contributed by atoms with Crippen LogP contribution >= 0.6 is 0 Å². The first-order valence-corrected chi connectivity index (χ1v) is 7.39. The molecular formula is C14H24N2O3. The molecule has 1 N–H and O–H groups in total. The Morgan fingerprint density at radius 3 is 2.74 bits per heavy atom. The second-order valence-electron chi connectivity index (χ2n) is 5.39. The van der Waals surface area contributed by atoms with Crippen molar-refractivity contribution in [2.45, 2.75) is 64.1 Å². The molecule has 2 amide bonds. The van der Waals surface area contributed by atoms with Crippen LogP contribution in [0.5, 0.6) is 0 Å². The highest BCUT2D eigenvalue weighted by atomic mass is 16.5. The standard InChI is InChI=1S/C14H24N2O3/c1-3-6-11-14(18)16(10-7-5-8-19-9-10)12(4-2)13(17)15-11/h10-12H,3-9H2,1-2H3,(H,15,17). The van der Waals surface area contributed by atoms with Crippen LogP contribution in [0.4, 0.5) is 0 Å². The van der Waals surface area contributed by atoms with Crippen LogP contribution in [0.1, 0.15) is 46.0 Å². The van der Waals surface area contributed by atoms with Gasteiger partial charge in [0.1, 0.15) is 12.1 Å². The first-order valence-electron chi connectivity index (χ1n) is 7.39. The minimum absolute atomic E-state index is 0.00822. The summed E-state index contributed by atoms with van der Waals surface area (Å²) in [6.07, 6.45) is 4.17. The fraction of sp³-hybridized carbons (Fsp3) is 0.857. The Bertz CT molecular complexity index is 340. The molecule has 0 bridgehead atoms. The van der Waals surface area contributed by atoms with Crippen LogP contribution in [-0.2, 0) is 14.3 Å². The van der Waals surface area contributed by atoms with Crippen molar-refractivity contribution >= 4 is 11.8 Å². The van der Waals surface area contributed by atoms with E-state index in [-0.39, 0.29) is 29.9 Å². The number of amides is 2. The van der Waals surface area contributed by atoms with Crippen molar-refractivity contribution in [3.63, 3.8) is 0 Å². The molecular weight excluding hydrogens is 244 g/mol. The number of rotatable bonds is 4. The number of carbonyl (C=O) groups is 2. The highest BCUT2D eigenvalue weighted by Crippen LogP contribution is 2.23. The van der Waals surface area contributed by atoms with E-state index < -0.39 is 0 Å². The van der Waals surface area contributed by atoms with Gasteiger partial charge >= 0.3 is 0 Å². The van der Waals surface area contributed by atoms with E-state index in [1.165, 1.54) is 0 Å². The molecule has 2 rings (SSSR count).